The number of carbonyl (C=O) groups is 1. The highest BCUT2D eigenvalue weighted by atomic mass is 16.5. The molecule has 1 saturated carbocycles. The van der Waals surface area contributed by atoms with Gasteiger partial charge in [0.25, 0.3) is 0 Å². The van der Waals surface area contributed by atoms with E-state index >= 15 is 0 Å². The number of ether oxygens (including phenoxy) is 1. The molecule has 21 heavy (non-hydrogen) atoms. The molecule has 0 aromatic heterocycles. The van der Waals surface area contributed by atoms with Gasteiger partial charge in [-0.3, -0.25) is 4.79 Å². The van der Waals surface area contributed by atoms with Gasteiger partial charge in [-0.25, -0.2) is 0 Å². The molecule has 3 heteroatoms. The van der Waals surface area contributed by atoms with Gasteiger partial charge in [-0.15, -0.1) is 0 Å². The molecule has 3 nitrogen and oxygen atoms in total. The fourth-order valence-corrected chi connectivity index (χ4v) is 4.22. The minimum Gasteiger partial charge on any atom is -0.466 e. The molecule has 1 N–H and O–H groups in total. The third kappa shape index (κ3) is 4.70. The van der Waals surface area contributed by atoms with Crippen LogP contribution in [-0.4, -0.2) is 25.7 Å². The summed E-state index contributed by atoms with van der Waals surface area (Å²) in [5.74, 6) is 0.120. The molecule has 2 rings (SSSR count). The van der Waals surface area contributed by atoms with E-state index in [1.165, 1.54) is 70.6 Å². The van der Waals surface area contributed by atoms with E-state index in [-0.39, 0.29) is 17.3 Å². The molecule has 1 aliphatic carbocycles. The van der Waals surface area contributed by atoms with Crippen LogP contribution in [0.15, 0.2) is 0 Å². The molecule has 0 radical (unpaired) electrons. The van der Waals surface area contributed by atoms with Crippen LogP contribution in [0.25, 0.3) is 0 Å². The summed E-state index contributed by atoms with van der Waals surface area (Å²) in [5.41, 5.74) is 0.172. The van der Waals surface area contributed by atoms with E-state index in [9.17, 15) is 4.79 Å². The maximum absolute atomic E-state index is 12.3. The Bertz CT molecular complexity index is 304. The lowest BCUT2D eigenvalue weighted by molar-refractivity contribution is -0.151. The van der Waals surface area contributed by atoms with Gasteiger partial charge in [0.15, 0.2) is 0 Å². The van der Waals surface area contributed by atoms with Crippen molar-refractivity contribution in [1.29, 1.82) is 0 Å². The van der Waals surface area contributed by atoms with Gasteiger partial charge in [0.2, 0.25) is 0 Å². The van der Waals surface area contributed by atoms with Crippen LogP contribution in [0, 0.1) is 11.3 Å². The summed E-state index contributed by atoms with van der Waals surface area (Å²) in [6, 6.07) is 0. The molecule has 122 valence electrons. The molecule has 1 spiro atoms. The first-order valence-electron chi connectivity index (χ1n) is 9.16. The van der Waals surface area contributed by atoms with E-state index in [0.717, 1.165) is 13.1 Å². The van der Waals surface area contributed by atoms with Crippen molar-refractivity contribution in [1.82, 2.24) is 5.32 Å². The van der Waals surface area contributed by atoms with Gasteiger partial charge in [-0.2, -0.15) is 0 Å². The third-order valence-electron chi connectivity index (χ3n) is 5.49. The first-order valence-corrected chi connectivity index (χ1v) is 9.16. The van der Waals surface area contributed by atoms with Crippen LogP contribution in [0.5, 0.6) is 0 Å². The summed E-state index contributed by atoms with van der Waals surface area (Å²) in [6.45, 7) is 4.24. The molecular weight excluding hydrogens is 262 g/mol. The number of nitrogens with one attached hydrogen (secondary N) is 1. The van der Waals surface area contributed by atoms with E-state index in [4.69, 9.17) is 4.74 Å². The first kappa shape index (κ1) is 16.8. The maximum atomic E-state index is 12.3. The molecule has 1 aliphatic heterocycles. The summed E-state index contributed by atoms with van der Waals surface area (Å²) < 4.78 is 5.35. The van der Waals surface area contributed by atoms with Crippen molar-refractivity contribution < 1.29 is 9.53 Å². The van der Waals surface area contributed by atoms with Crippen LogP contribution in [0.3, 0.4) is 0 Å². The molecule has 0 aromatic rings. The topological polar surface area (TPSA) is 38.3 Å². The average Bonchev–Trinajstić information content (AvgIpc) is 2.87. The Labute approximate surface area is 130 Å². The molecule has 0 amide bonds. The second-order valence-corrected chi connectivity index (χ2v) is 6.98. The summed E-state index contributed by atoms with van der Waals surface area (Å²) in [4.78, 5) is 12.3. The molecule has 0 bridgehead atoms. The molecule has 1 saturated heterocycles. The largest absolute Gasteiger partial charge is 0.466 e. The van der Waals surface area contributed by atoms with Crippen LogP contribution < -0.4 is 5.32 Å². The monoisotopic (exact) mass is 295 g/mol. The van der Waals surface area contributed by atoms with Crippen LogP contribution in [-0.2, 0) is 9.53 Å². The summed E-state index contributed by atoms with van der Waals surface area (Å²) in [5, 5.41) is 3.48. The molecule has 1 atom stereocenters. The van der Waals surface area contributed by atoms with Crippen LogP contribution in [0.4, 0.5) is 0 Å². The van der Waals surface area contributed by atoms with Gasteiger partial charge in [0.05, 0.1) is 12.5 Å². The fourth-order valence-electron chi connectivity index (χ4n) is 4.22. The summed E-state index contributed by atoms with van der Waals surface area (Å²) >= 11 is 0. The smallest absolute Gasteiger partial charge is 0.310 e. The standard InChI is InChI=1S/C18H33NO2/c1-2-21-17(20)16-14-19-15-18(16)12-10-8-6-4-3-5-7-9-11-13-18/h16,19H,2-15H2,1H3. The zero-order chi connectivity index (χ0) is 15.0. The number of hydrogen-bond donors (Lipinski definition) is 1. The van der Waals surface area contributed by atoms with E-state index in [2.05, 4.69) is 5.32 Å². The molecule has 2 aliphatic rings. The fraction of sp³-hybridized carbons (Fsp3) is 0.944. The van der Waals surface area contributed by atoms with Crippen molar-refractivity contribution in [3.8, 4) is 0 Å². The van der Waals surface area contributed by atoms with Gasteiger partial charge in [-0.05, 0) is 25.2 Å². The second kappa shape index (κ2) is 8.77. The Balaban J connectivity index is 2.00. The zero-order valence-electron chi connectivity index (χ0n) is 13.8. The van der Waals surface area contributed by atoms with Gasteiger partial charge < -0.3 is 10.1 Å². The number of hydrogen-bond acceptors (Lipinski definition) is 3. The molecule has 2 fully saturated rings. The average molecular weight is 295 g/mol. The minimum atomic E-state index is 0.0367. The lowest BCUT2D eigenvalue weighted by Crippen LogP contribution is -2.36. The lowest BCUT2D eigenvalue weighted by Gasteiger charge is -2.34. The van der Waals surface area contributed by atoms with Crippen LogP contribution >= 0.6 is 0 Å². The number of carbonyl (C=O) groups excluding carboxylic acids is 1. The normalized spacial score (nSPS) is 27.8. The highest BCUT2D eigenvalue weighted by Crippen LogP contribution is 2.42. The highest BCUT2D eigenvalue weighted by molar-refractivity contribution is 5.74. The molecule has 1 unspecified atom stereocenters. The van der Waals surface area contributed by atoms with Crippen molar-refractivity contribution in [2.75, 3.05) is 19.7 Å². The van der Waals surface area contributed by atoms with E-state index in [0.29, 0.717) is 6.61 Å². The Hall–Kier alpha value is -0.570. The zero-order valence-corrected chi connectivity index (χ0v) is 13.8. The second-order valence-electron chi connectivity index (χ2n) is 6.98. The quantitative estimate of drug-likeness (QED) is 0.781. The van der Waals surface area contributed by atoms with Crippen molar-refractivity contribution in [2.45, 2.75) is 77.6 Å². The Kier molecular flexibility index (Phi) is 7.01. The van der Waals surface area contributed by atoms with E-state index < -0.39 is 0 Å². The SMILES string of the molecule is CCOC(=O)C1CNCC12CCCCCCCCCCC2. The van der Waals surface area contributed by atoms with Crippen molar-refractivity contribution in [3.05, 3.63) is 0 Å². The van der Waals surface area contributed by atoms with Crippen molar-refractivity contribution >= 4 is 5.97 Å². The van der Waals surface area contributed by atoms with E-state index in [1.807, 2.05) is 6.92 Å². The van der Waals surface area contributed by atoms with Gasteiger partial charge >= 0.3 is 5.97 Å². The lowest BCUT2D eigenvalue weighted by atomic mass is 9.70. The van der Waals surface area contributed by atoms with Gasteiger partial charge in [0.1, 0.15) is 0 Å². The van der Waals surface area contributed by atoms with Crippen LogP contribution in [0.2, 0.25) is 0 Å². The number of esters is 1. The summed E-state index contributed by atoms with van der Waals surface area (Å²) in [6.07, 6.45) is 14.6. The van der Waals surface area contributed by atoms with Gasteiger partial charge in [-0.1, -0.05) is 57.8 Å². The maximum Gasteiger partial charge on any atom is 0.310 e. The Morgan fingerprint density at radius 1 is 1.00 bits per heavy atom. The molecular formula is C18H33NO2. The third-order valence-corrected chi connectivity index (χ3v) is 5.49. The predicted molar refractivity (Wildman–Crippen MR) is 86.2 cm³/mol. The van der Waals surface area contributed by atoms with Crippen LogP contribution in [0.1, 0.15) is 77.6 Å². The molecule has 0 aromatic carbocycles. The highest BCUT2D eigenvalue weighted by Gasteiger charge is 2.46. The minimum absolute atomic E-state index is 0.0367. The van der Waals surface area contributed by atoms with Crippen molar-refractivity contribution in [3.63, 3.8) is 0 Å². The van der Waals surface area contributed by atoms with Crippen molar-refractivity contribution in [2.24, 2.45) is 11.3 Å². The first-order chi connectivity index (χ1) is 10.3. The summed E-state index contributed by atoms with van der Waals surface area (Å²) in [7, 11) is 0. The number of rotatable bonds is 2. The van der Waals surface area contributed by atoms with E-state index in [1.54, 1.807) is 0 Å². The Morgan fingerprint density at radius 2 is 1.52 bits per heavy atom. The predicted octanol–water partition coefficient (Wildman–Crippen LogP) is 4.06. The van der Waals surface area contributed by atoms with Gasteiger partial charge in [0, 0.05) is 13.1 Å². The Morgan fingerprint density at radius 3 is 2.05 bits per heavy atom. The molecule has 1 heterocycles.